The number of methoxy groups -OCH3 is 1. The van der Waals surface area contributed by atoms with Gasteiger partial charge in [-0.3, -0.25) is 0 Å². The number of hydrogen-bond acceptors (Lipinski definition) is 5. The van der Waals surface area contributed by atoms with E-state index in [4.69, 9.17) is 16.3 Å². The molecule has 0 unspecified atom stereocenters. The van der Waals surface area contributed by atoms with E-state index in [-0.39, 0.29) is 5.02 Å². The van der Waals surface area contributed by atoms with Gasteiger partial charge in [0.25, 0.3) is 0 Å². The minimum absolute atomic E-state index is 0.0485. The van der Waals surface area contributed by atoms with Gasteiger partial charge in [-0.25, -0.2) is 9.37 Å². The largest absolute Gasteiger partial charge is 0.497 e. The topological polar surface area (TPSA) is 59.1 Å². The first kappa shape index (κ1) is 17.0. The van der Waals surface area contributed by atoms with E-state index in [2.05, 4.69) is 20.6 Å². The highest BCUT2D eigenvalue weighted by atomic mass is 35.5. The zero-order chi connectivity index (χ0) is 17.8. The standard InChI is InChI=1S/C18H16ClFN4O/c1-11-9-17(22-13-5-8-16(20)15(19)10-13)24-18(21-11)23-12-3-6-14(25-2)7-4-12/h3-10H,1-2H3,(H2,21,22,23,24). The lowest BCUT2D eigenvalue weighted by molar-refractivity contribution is 0.415. The van der Waals surface area contributed by atoms with Gasteiger partial charge >= 0.3 is 0 Å². The van der Waals surface area contributed by atoms with Gasteiger partial charge in [-0.05, 0) is 49.4 Å². The molecule has 3 rings (SSSR count). The van der Waals surface area contributed by atoms with E-state index in [9.17, 15) is 4.39 Å². The molecule has 0 radical (unpaired) electrons. The first-order chi connectivity index (χ1) is 12.0. The van der Waals surface area contributed by atoms with Crippen LogP contribution < -0.4 is 15.4 Å². The van der Waals surface area contributed by atoms with Gasteiger partial charge in [0.05, 0.1) is 12.1 Å². The Kier molecular flexibility index (Phi) is 5.00. The fourth-order valence-electron chi connectivity index (χ4n) is 2.21. The van der Waals surface area contributed by atoms with Crippen LogP contribution in [0.5, 0.6) is 5.75 Å². The Hall–Kier alpha value is -2.86. The van der Waals surface area contributed by atoms with Crippen molar-refractivity contribution in [3.63, 3.8) is 0 Å². The Morgan fingerprint density at radius 2 is 1.68 bits per heavy atom. The average Bonchev–Trinajstić information content (AvgIpc) is 2.58. The maximum atomic E-state index is 13.3. The van der Waals surface area contributed by atoms with E-state index in [1.807, 2.05) is 31.2 Å². The molecule has 0 saturated heterocycles. The molecule has 25 heavy (non-hydrogen) atoms. The van der Waals surface area contributed by atoms with Gasteiger partial charge in [-0.15, -0.1) is 0 Å². The van der Waals surface area contributed by atoms with Crippen LogP contribution in [0.2, 0.25) is 5.02 Å². The Morgan fingerprint density at radius 3 is 2.36 bits per heavy atom. The average molecular weight is 359 g/mol. The van der Waals surface area contributed by atoms with Crippen LogP contribution in [0.1, 0.15) is 5.69 Å². The van der Waals surface area contributed by atoms with Crippen LogP contribution in [-0.2, 0) is 0 Å². The van der Waals surface area contributed by atoms with Crippen LogP contribution >= 0.6 is 11.6 Å². The van der Waals surface area contributed by atoms with Gasteiger partial charge in [0.15, 0.2) is 0 Å². The first-order valence-corrected chi connectivity index (χ1v) is 7.90. The summed E-state index contributed by atoms with van der Waals surface area (Å²) < 4.78 is 18.4. The summed E-state index contributed by atoms with van der Waals surface area (Å²) in [5, 5.41) is 6.28. The molecule has 2 N–H and O–H groups in total. The summed E-state index contributed by atoms with van der Waals surface area (Å²) in [7, 11) is 1.62. The van der Waals surface area contributed by atoms with E-state index in [0.29, 0.717) is 17.5 Å². The summed E-state index contributed by atoms with van der Waals surface area (Å²) in [6.07, 6.45) is 0. The van der Waals surface area contributed by atoms with Crippen LogP contribution in [0.4, 0.5) is 27.5 Å². The summed E-state index contributed by atoms with van der Waals surface area (Å²) in [5.41, 5.74) is 2.25. The second kappa shape index (κ2) is 7.36. The summed E-state index contributed by atoms with van der Waals surface area (Å²) in [6.45, 7) is 1.86. The highest BCUT2D eigenvalue weighted by Crippen LogP contribution is 2.24. The second-order valence-corrected chi connectivity index (χ2v) is 5.73. The van der Waals surface area contributed by atoms with Crippen molar-refractivity contribution >= 4 is 34.7 Å². The van der Waals surface area contributed by atoms with Crippen molar-refractivity contribution in [2.45, 2.75) is 6.92 Å². The molecule has 0 atom stereocenters. The molecule has 128 valence electrons. The van der Waals surface area contributed by atoms with Crippen LogP contribution in [-0.4, -0.2) is 17.1 Å². The van der Waals surface area contributed by atoms with E-state index < -0.39 is 5.82 Å². The molecular formula is C18H16ClFN4O. The molecular weight excluding hydrogens is 343 g/mol. The summed E-state index contributed by atoms with van der Waals surface area (Å²) in [5.74, 6) is 1.33. The van der Waals surface area contributed by atoms with Gasteiger partial charge in [0.2, 0.25) is 5.95 Å². The highest BCUT2D eigenvalue weighted by Gasteiger charge is 2.06. The van der Waals surface area contributed by atoms with E-state index in [1.165, 1.54) is 12.1 Å². The molecule has 0 aliphatic heterocycles. The predicted molar refractivity (Wildman–Crippen MR) is 97.7 cm³/mol. The molecule has 0 bridgehead atoms. The number of aromatic nitrogens is 2. The molecule has 1 heterocycles. The SMILES string of the molecule is COc1ccc(Nc2nc(C)cc(Nc3ccc(F)c(Cl)c3)n2)cc1. The van der Waals surface area contributed by atoms with Gasteiger partial charge in [0.1, 0.15) is 17.4 Å². The first-order valence-electron chi connectivity index (χ1n) is 7.52. The van der Waals surface area contributed by atoms with Crippen LogP contribution in [0.3, 0.4) is 0 Å². The van der Waals surface area contributed by atoms with Crippen LogP contribution in [0, 0.1) is 12.7 Å². The molecule has 2 aromatic carbocycles. The fraction of sp³-hybridized carbons (Fsp3) is 0.111. The normalized spacial score (nSPS) is 10.4. The second-order valence-electron chi connectivity index (χ2n) is 5.33. The molecule has 0 spiro atoms. The van der Waals surface area contributed by atoms with Gasteiger partial charge < -0.3 is 15.4 Å². The summed E-state index contributed by atoms with van der Waals surface area (Å²) in [4.78, 5) is 8.78. The van der Waals surface area contributed by atoms with E-state index >= 15 is 0 Å². The zero-order valence-corrected chi connectivity index (χ0v) is 14.4. The Labute approximate surface area is 149 Å². The number of halogens is 2. The third kappa shape index (κ3) is 4.36. The molecule has 3 aromatic rings. The number of nitrogens with zero attached hydrogens (tertiary/aromatic N) is 2. The van der Waals surface area contributed by atoms with Crippen molar-refractivity contribution < 1.29 is 9.13 Å². The molecule has 0 fully saturated rings. The monoisotopic (exact) mass is 358 g/mol. The summed E-state index contributed by atoms with van der Waals surface area (Å²) in [6, 6.07) is 13.6. The van der Waals surface area contributed by atoms with Crippen molar-refractivity contribution in [3.05, 3.63) is 65.1 Å². The number of benzene rings is 2. The predicted octanol–water partition coefficient (Wildman–Crippen LogP) is 5.07. The Morgan fingerprint density at radius 1 is 0.960 bits per heavy atom. The number of rotatable bonds is 5. The maximum absolute atomic E-state index is 13.3. The Balaban J connectivity index is 1.80. The lowest BCUT2D eigenvalue weighted by Crippen LogP contribution is -2.02. The minimum atomic E-state index is -0.465. The lowest BCUT2D eigenvalue weighted by Gasteiger charge is -2.11. The number of anilines is 4. The zero-order valence-electron chi connectivity index (χ0n) is 13.7. The Bertz CT molecular complexity index is 887. The fourth-order valence-corrected chi connectivity index (χ4v) is 2.39. The van der Waals surface area contributed by atoms with Crippen molar-refractivity contribution in [1.82, 2.24) is 9.97 Å². The van der Waals surface area contributed by atoms with Crippen molar-refractivity contribution in [2.75, 3.05) is 17.7 Å². The molecule has 0 aliphatic rings. The van der Waals surface area contributed by atoms with E-state index in [1.54, 1.807) is 19.2 Å². The number of nitrogens with one attached hydrogen (secondary N) is 2. The smallest absolute Gasteiger partial charge is 0.229 e. The van der Waals surface area contributed by atoms with Crippen molar-refractivity contribution in [3.8, 4) is 5.75 Å². The molecule has 0 aliphatic carbocycles. The molecule has 5 nitrogen and oxygen atoms in total. The van der Waals surface area contributed by atoms with E-state index in [0.717, 1.165) is 17.1 Å². The lowest BCUT2D eigenvalue weighted by atomic mass is 10.3. The maximum Gasteiger partial charge on any atom is 0.229 e. The molecule has 7 heteroatoms. The van der Waals surface area contributed by atoms with Gasteiger partial charge in [-0.2, -0.15) is 4.98 Å². The number of aryl methyl sites for hydroxylation is 1. The highest BCUT2D eigenvalue weighted by molar-refractivity contribution is 6.31. The third-order valence-electron chi connectivity index (χ3n) is 3.39. The minimum Gasteiger partial charge on any atom is -0.497 e. The molecule has 0 amide bonds. The van der Waals surface area contributed by atoms with Gasteiger partial charge in [-0.1, -0.05) is 11.6 Å². The third-order valence-corrected chi connectivity index (χ3v) is 3.68. The van der Waals surface area contributed by atoms with Crippen molar-refractivity contribution in [1.29, 1.82) is 0 Å². The summed E-state index contributed by atoms with van der Waals surface area (Å²) >= 11 is 5.80. The van der Waals surface area contributed by atoms with Gasteiger partial charge in [0, 0.05) is 23.1 Å². The quantitative estimate of drug-likeness (QED) is 0.666. The number of hydrogen-bond donors (Lipinski definition) is 2. The number of ether oxygens (including phenoxy) is 1. The van der Waals surface area contributed by atoms with Crippen LogP contribution in [0.25, 0.3) is 0 Å². The van der Waals surface area contributed by atoms with Crippen LogP contribution in [0.15, 0.2) is 48.5 Å². The molecule has 0 saturated carbocycles. The molecule has 1 aromatic heterocycles. The van der Waals surface area contributed by atoms with Crippen molar-refractivity contribution in [2.24, 2.45) is 0 Å².